The molecule has 0 bridgehead atoms. The van der Waals surface area contributed by atoms with Crippen LogP contribution in [0, 0.1) is 0 Å². The topological polar surface area (TPSA) is 54.0 Å². The van der Waals surface area contributed by atoms with E-state index >= 15 is 0 Å². The van der Waals surface area contributed by atoms with Crippen molar-refractivity contribution in [2.75, 3.05) is 20.3 Å². The molecule has 0 heterocycles. The third-order valence-electron chi connectivity index (χ3n) is 4.75. The molecule has 1 aromatic carbocycles. The van der Waals surface area contributed by atoms with Crippen LogP contribution in [0.1, 0.15) is 39.7 Å². The van der Waals surface area contributed by atoms with E-state index in [1.165, 1.54) is 6.92 Å². The lowest BCUT2D eigenvalue weighted by Crippen LogP contribution is -2.45. The fourth-order valence-corrected chi connectivity index (χ4v) is 3.48. The molecule has 0 saturated heterocycles. The number of benzene rings is 1. The van der Waals surface area contributed by atoms with Crippen LogP contribution in [-0.2, 0) is 25.3 Å². The highest BCUT2D eigenvalue weighted by atomic mass is 28.4. The van der Waals surface area contributed by atoms with Crippen molar-refractivity contribution in [3.8, 4) is 5.75 Å². The van der Waals surface area contributed by atoms with Gasteiger partial charge in [0.25, 0.3) is 0 Å². The Morgan fingerprint density at radius 1 is 1.15 bits per heavy atom. The van der Waals surface area contributed by atoms with E-state index in [9.17, 15) is 4.79 Å². The molecule has 0 radical (unpaired) electrons. The summed E-state index contributed by atoms with van der Waals surface area (Å²) in [5.41, 5.74) is 1.09. The van der Waals surface area contributed by atoms with Crippen molar-refractivity contribution in [1.82, 2.24) is 0 Å². The van der Waals surface area contributed by atoms with E-state index in [1.54, 1.807) is 7.11 Å². The van der Waals surface area contributed by atoms with Gasteiger partial charge in [0.15, 0.2) is 8.32 Å². The summed E-state index contributed by atoms with van der Waals surface area (Å²) in [6.45, 7) is 13.8. The average molecular weight is 383 g/mol. The SMILES string of the molecule is COc1ccc(COCC[C@H](COC(C)=O)O[Si](C)(C)C(C)(C)C)cc1. The van der Waals surface area contributed by atoms with Crippen molar-refractivity contribution in [2.24, 2.45) is 0 Å². The smallest absolute Gasteiger partial charge is 0.302 e. The van der Waals surface area contributed by atoms with Crippen molar-refractivity contribution in [2.45, 2.75) is 65.0 Å². The van der Waals surface area contributed by atoms with Gasteiger partial charge in [0, 0.05) is 13.5 Å². The van der Waals surface area contributed by atoms with Crippen molar-refractivity contribution >= 4 is 14.3 Å². The Bertz CT molecular complexity index is 548. The molecule has 0 aromatic heterocycles. The molecule has 1 atom stereocenters. The van der Waals surface area contributed by atoms with E-state index in [1.807, 2.05) is 24.3 Å². The van der Waals surface area contributed by atoms with Crippen LogP contribution in [0.3, 0.4) is 0 Å². The number of esters is 1. The highest BCUT2D eigenvalue weighted by Gasteiger charge is 2.39. The zero-order chi connectivity index (χ0) is 19.8. The van der Waals surface area contributed by atoms with Crippen LogP contribution in [0.5, 0.6) is 5.75 Å². The quantitative estimate of drug-likeness (QED) is 0.337. The third-order valence-corrected chi connectivity index (χ3v) is 9.29. The summed E-state index contributed by atoms with van der Waals surface area (Å²) >= 11 is 0. The molecule has 0 aliphatic heterocycles. The van der Waals surface area contributed by atoms with E-state index < -0.39 is 8.32 Å². The first-order valence-electron chi connectivity index (χ1n) is 9.07. The van der Waals surface area contributed by atoms with Gasteiger partial charge < -0.3 is 18.6 Å². The lowest BCUT2D eigenvalue weighted by molar-refractivity contribution is -0.143. The van der Waals surface area contributed by atoms with Crippen molar-refractivity contribution in [1.29, 1.82) is 0 Å². The first-order chi connectivity index (χ1) is 12.0. The van der Waals surface area contributed by atoms with Gasteiger partial charge in [-0.25, -0.2) is 0 Å². The third kappa shape index (κ3) is 7.89. The minimum absolute atomic E-state index is 0.103. The minimum Gasteiger partial charge on any atom is -0.497 e. The molecule has 148 valence electrons. The maximum absolute atomic E-state index is 11.2. The van der Waals surface area contributed by atoms with Crippen LogP contribution < -0.4 is 4.74 Å². The monoisotopic (exact) mass is 382 g/mol. The second-order valence-electron chi connectivity index (χ2n) is 7.99. The standard InChI is InChI=1S/C20H34O5Si/c1-16(21)24-15-19(25-26(6,7)20(2,3)4)12-13-23-14-17-8-10-18(22-5)11-9-17/h8-11,19H,12-15H2,1-7H3/t19-/m1/s1. The second-order valence-corrected chi connectivity index (χ2v) is 12.7. The summed E-state index contributed by atoms with van der Waals surface area (Å²) in [6.07, 6.45) is 0.548. The largest absolute Gasteiger partial charge is 0.497 e. The predicted octanol–water partition coefficient (Wildman–Crippen LogP) is 4.56. The van der Waals surface area contributed by atoms with Gasteiger partial charge in [-0.3, -0.25) is 4.79 Å². The summed E-state index contributed by atoms with van der Waals surface area (Å²) < 4.78 is 22.5. The van der Waals surface area contributed by atoms with E-state index in [0.717, 1.165) is 11.3 Å². The Labute approximate surface area is 159 Å². The van der Waals surface area contributed by atoms with E-state index in [-0.39, 0.29) is 23.7 Å². The first-order valence-corrected chi connectivity index (χ1v) is 12.0. The van der Waals surface area contributed by atoms with Crippen LogP contribution in [0.25, 0.3) is 0 Å². The molecule has 0 fully saturated rings. The van der Waals surface area contributed by atoms with E-state index in [4.69, 9.17) is 18.6 Å². The van der Waals surface area contributed by atoms with Crippen LogP contribution in [0.15, 0.2) is 24.3 Å². The number of carbonyl (C=O) groups is 1. The Hall–Kier alpha value is -1.37. The van der Waals surface area contributed by atoms with Crippen LogP contribution in [-0.4, -0.2) is 40.7 Å². The van der Waals surface area contributed by atoms with Crippen molar-refractivity contribution in [3.05, 3.63) is 29.8 Å². The molecule has 6 heteroatoms. The molecule has 0 spiro atoms. The Morgan fingerprint density at radius 2 is 1.77 bits per heavy atom. The minimum atomic E-state index is -1.94. The van der Waals surface area contributed by atoms with Gasteiger partial charge >= 0.3 is 5.97 Å². The number of methoxy groups -OCH3 is 1. The molecule has 0 saturated carbocycles. The van der Waals surface area contributed by atoms with Gasteiger partial charge in [0.1, 0.15) is 12.4 Å². The number of hydrogen-bond donors (Lipinski definition) is 0. The molecule has 1 rings (SSSR count). The Kier molecular flexibility index (Phi) is 8.80. The van der Waals surface area contributed by atoms with Crippen molar-refractivity contribution < 1.29 is 23.4 Å². The summed E-state index contributed by atoms with van der Waals surface area (Å²) in [5.74, 6) is 0.547. The Morgan fingerprint density at radius 3 is 2.27 bits per heavy atom. The average Bonchev–Trinajstić information content (AvgIpc) is 2.55. The van der Waals surface area contributed by atoms with Gasteiger partial charge in [-0.15, -0.1) is 0 Å². The zero-order valence-electron chi connectivity index (χ0n) is 17.3. The number of rotatable bonds is 10. The van der Waals surface area contributed by atoms with Gasteiger partial charge in [0.05, 0.1) is 19.8 Å². The van der Waals surface area contributed by atoms with E-state index in [2.05, 4.69) is 33.9 Å². The molecule has 0 unspecified atom stereocenters. The Balaban J connectivity index is 2.52. The van der Waals surface area contributed by atoms with E-state index in [0.29, 0.717) is 19.6 Å². The van der Waals surface area contributed by atoms with Gasteiger partial charge in [0.2, 0.25) is 0 Å². The number of ether oxygens (including phenoxy) is 3. The highest BCUT2D eigenvalue weighted by Crippen LogP contribution is 2.37. The lowest BCUT2D eigenvalue weighted by Gasteiger charge is -2.39. The summed E-state index contributed by atoms with van der Waals surface area (Å²) in [4.78, 5) is 11.2. The van der Waals surface area contributed by atoms with Gasteiger partial charge in [-0.2, -0.15) is 0 Å². The molecule has 0 aliphatic carbocycles. The normalized spacial score (nSPS) is 13.3. The van der Waals surface area contributed by atoms with Crippen LogP contribution >= 0.6 is 0 Å². The summed E-state index contributed by atoms with van der Waals surface area (Å²) in [7, 11) is -0.285. The number of hydrogen-bond acceptors (Lipinski definition) is 5. The molecular formula is C20H34O5Si. The first kappa shape index (κ1) is 22.7. The van der Waals surface area contributed by atoms with Crippen LogP contribution in [0.2, 0.25) is 18.1 Å². The molecule has 0 amide bonds. The fraction of sp³-hybridized carbons (Fsp3) is 0.650. The summed E-state index contributed by atoms with van der Waals surface area (Å²) in [6, 6.07) is 7.81. The van der Waals surface area contributed by atoms with Crippen LogP contribution in [0.4, 0.5) is 0 Å². The summed E-state index contributed by atoms with van der Waals surface area (Å²) in [5, 5.41) is 0.103. The maximum Gasteiger partial charge on any atom is 0.302 e. The molecule has 0 aliphatic rings. The molecule has 1 aromatic rings. The van der Waals surface area contributed by atoms with Gasteiger partial charge in [-0.05, 0) is 42.2 Å². The maximum atomic E-state index is 11.2. The molecule has 0 N–H and O–H groups in total. The number of carbonyl (C=O) groups excluding carboxylic acids is 1. The lowest BCUT2D eigenvalue weighted by atomic mass is 10.2. The van der Waals surface area contributed by atoms with Gasteiger partial charge in [-0.1, -0.05) is 32.9 Å². The zero-order valence-corrected chi connectivity index (χ0v) is 18.3. The predicted molar refractivity (Wildman–Crippen MR) is 106 cm³/mol. The highest BCUT2D eigenvalue weighted by molar-refractivity contribution is 6.74. The second kappa shape index (κ2) is 10.1. The van der Waals surface area contributed by atoms with Crippen molar-refractivity contribution in [3.63, 3.8) is 0 Å². The molecular weight excluding hydrogens is 348 g/mol. The molecule has 5 nitrogen and oxygen atoms in total. The fourth-order valence-electron chi connectivity index (χ4n) is 2.11. The molecule has 26 heavy (non-hydrogen) atoms.